The minimum Gasteiger partial charge on any atom is -0.497 e. The number of ether oxygens (including phenoxy) is 1. The van der Waals surface area contributed by atoms with Gasteiger partial charge in [0.05, 0.1) is 12.6 Å². The van der Waals surface area contributed by atoms with Crippen molar-refractivity contribution in [2.24, 2.45) is 0 Å². The number of fused-ring (bicyclic) bond motifs is 3. The molecule has 1 aliphatic heterocycles. The molecule has 7 nitrogen and oxygen atoms in total. The van der Waals surface area contributed by atoms with E-state index in [0.29, 0.717) is 5.02 Å². The first kappa shape index (κ1) is 22.8. The monoisotopic (exact) mass is 498 g/mol. The van der Waals surface area contributed by atoms with Gasteiger partial charge in [-0.3, -0.25) is 4.90 Å². The summed E-state index contributed by atoms with van der Waals surface area (Å²) in [6.07, 6.45) is 0. The van der Waals surface area contributed by atoms with E-state index in [0.717, 1.165) is 72.4 Å². The number of halogens is 1. The molecule has 8 heteroatoms. The van der Waals surface area contributed by atoms with E-state index in [1.54, 1.807) is 7.11 Å². The van der Waals surface area contributed by atoms with E-state index < -0.39 is 0 Å². The molecule has 0 spiro atoms. The molecular weight excluding hydrogens is 472 g/mol. The van der Waals surface area contributed by atoms with E-state index in [4.69, 9.17) is 21.3 Å². The fraction of sp³-hybridized carbons (Fsp3) is 0.250. The van der Waals surface area contributed by atoms with Crippen LogP contribution >= 0.6 is 11.6 Å². The minimum absolute atomic E-state index is 0.659. The Morgan fingerprint density at radius 1 is 0.917 bits per heavy atom. The third-order valence-corrected chi connectivity index (χ3v) is 6.99. The van der Waals surface area contributed by atoms with Gasteiger partial charge in [-0.25, -0.2) is 9.38 Å². The number of hydrogen-bond donors (Lipinski definition) is 0. The number of aryl methyl sites for hydroxylation is 1. The molecule has 0 atom stereocenters. The Bertz CT molecular complexity index is 1560. The van der Waals surface area contributed by atoms with Gasteiger partial charge in [-0.1, -0.05) is 47.5 Å². The Morgan fingerprint density at radius 2 is 1.75 bits per heavy atom. The Morgan fingerprint density at radius 3 is 2.56 bits per heavy atom. The van der Waals surface area contributed by atoms with Crippen molar-refractivity contribution in [3.05, 3.63) is 82.9 Å². The summed E-state index contributed by atoms with van der Waals surface area (Å²) in [5, 5.41) is 10.8. The highest BCUT2D eigenvalue weighted by Gasteiger charge is 2.24. The van der Waals surface area contributed by atoms with Crippen molar-refractivity contribution in [3.8, 4) is 17.1 Å². The van der Waals surface area contributed by atoms with Crippen LogP contribution in [0.3, 0.4) is 0 Å². The smallest absolute Gasteiger partial charge is 0.213 e. The molecule has 182 valence electrons. The normalized spacial score (nSPS) is 14.6. The first-order valence-electron chi connectivity index (χ1n) is 12.1. The van der Waals surface area contributed by atoms with E-state index in [9.17, 15) is 0 Å². The molecule has 6 rings (SSSR count). The van der Waals surface area contributed by atoms with Gasteiger partial charge in [0.25, 0.3) is 0 Å². The number of methoxy groups -OCH3 is 1. The highest BCUT2D eigenvalue weighted by Crippen LogP contribution is 2.30. The summed E-state index contributed by atoms with van der Waals surface area (Å²) in [4.78, 5) is 9.89. The zero-order chi connectivity index (χ0) is 24.6. The molecular formula is C28H27ClN6O. The maximum absolute atomic E-state index is 6.33. The molecule has 3 heterocycles. The molecule has 0 aliphatic carbocycles. The zero-order valence-corrected chi connectivity index (χ0v) is 21.1. The second-order valence-corrected chi connectivity index (χ2v) is 9.68. The van der Waals surface area contributed by atoms with Crippen LogP contribution < -0.4 is 9.64 Å². The highest BCUT2D eigenvalue weighted by atomic mass is 35.5. The predicted octanol–water partition coefficient (Wildman–Crippen LogP) is 5.24. The summed E-state index contributed by atoms with van der Waals surface area (Å²) < 4.78 is 7.49. The topological polar surface area (TPSA) is 58.8 Å². The molecule has 2 aromatic heterocycles. The lowest BCUT2D eigenvalue weighted by atomic mass is 10.1. The largest absolute Gasteiger partial charge is 0.497 e. The average Bonchev–Trinajstić information content (AvgIpc) is 3.34. The summed E-state index contributed by atoms with van der Waals surface area (Å²) in [6, 6.07) is 22.4. The van der Waals surface area contributed by atoms with Crippen LogP contribution in [-0.4, -0.2) is 57.8 Å². The number of nitrogens with zero attached hydrogens (tertiary/aromatic N) is 6. The van der Waals surface area contributed by atoms with Crippen molar-refractivity contribution < 1.29 is 4.74 Å². The molecule has 0 N–H and O–H groups in total. The van der Waals surface area contributed by atoms with Gasteiger partial charge in [0, 0.05) is 48.7 Å². The van der Waals surface area contributed by atoms with Crippen LogP contribution in [0.25, 0.3) is 27.9 Å². The number of rotatable bonds is 5. The summed E-state index contributed by atoms with van der Waals surface area (Å²) in [7, 11) is 1.71. The fourth-order valence-corrected chi connectivity index (χ4v) is 5.08. The minimum atomic E-state index is 0.659. The Labute approximate surface area is 214 Å². The molecule has 0 amide bonds. The van der Waals surface area contributed by atoms with Crippen LogP contribution in [0.4, 0.5) is 5.95 Å². The van der Waals surface area contributed by atoms with Gasteiger partial charge >= 0.3 is 0 Å². The lowest BCUT2D eigenvalue weighted by Crippen LogP contribution is -2.46. The standard InChI is InChI=1S/C28H27ClN6O/c1-19-5-3-7-21(15-19)26-31-32-27-24-10-9-22(29)17-25(24)30-28(35(26)27)34-13-11-33(12-14-34)18-20-6-4-8-23(16-20)36-2/h3-10,15-17H,11-14,18H2,1-2H3. The molecule has 1 saturated heterocycles. The van der Waals surface area contributed by atoms with E-state index in [1.165, 1.54) is 11.1 Å². The number of anilines is 1. The summed E-state index contributed by atoms with van der Waals surface area (Å²) in [6.45, 7) is 6.53. The van der Waals surface area contributed by atoms with E-state index in [1.807, 2.05) is 30.3 Å². The predicted molar refractivity (Wildman–Crippen MR) is 144 cm³/mol. The van der Waals surface area contributed by atoms with E-state index >= 15 is 0 Å². The van der Waals surface area contributed by atoms with Crippen molar-refractivity contribution in [2.75, 3.05) is 38.2 Å². The molecule has 0 bridgehead atoms. The number of aromatic nitrogens is 4. The number of hydrogen-bond acceptors (Lipinski definition) is 6. The van der Waals surface area contributed by atoms with Gasteiger partial charge in [0.2, 0.25) is 5.95 Å². The Hall–Kier alpha value is -3.68. The first-order chi connectivity index (χ1) is 17.6. The summed E-state index contributed by atoms with van der Waals surface area (Å²) in [5.41, 5.74) is 5.08. The summed E-state index contributed by atoms with van der Waals surface area (Å²) in [5.74, 6) is 2.54. The lowest BCUT2D eigenvalue weighted by molar-refractivity contribution is 0.248. The molecule has 1 fully saturated rings. The van der Waals surface area contributed by atoms with E-state index in [-0.39, 0.29) is 0 Å². The van der Waals surface area contributed by atoms with Crippen molar-refractivity contribution in [1.82, 2.24) is 24.5 Å². The molecule has 3 aromatic carbocycles. The van der Waals surface area contributed by atoms with E-state index in [2.05, 4.69) is 67.7 Å². The second kappa shape index (κ2) is 9.41. The first-order valence-corrected chi connectivity index (χ1v) is 12.5. The molecule has 0 radical (unpaired) electrons. The third kappa shape index (κ3) is 4.25. The van der Waals surface area contributed by atoms with Gasteiger partial charge in [0.15, 0.2) is 11.5 Å². The SMILES string of the molecule is COc1cccc(CN2CCN(c3nc4cc(Cl)ccc4c4nnc(-c5cccc(C)c5)n34)CC2)c1. The maximum Gasteiger partial charge on any atom is 0.213 e. The average molecular weight is 499 g/mol. The van der Waals surface area contributed by atoms with Crippen LogP contribution in [0, 0.1) is 6.92 Å². The molecule has 0 saturated carbocycles. The Balaban J connectivity index is 1.36. The van der Waals surface area contributed by atoms with Crippen molar-refractivity contribution >= 4 is 34.1 Å². The molecule has 5 aromatic rings. The second-order valence-electron chi connectivity index (χ2n) is 9.24. The zero-order valence-electron chi connectivity index (χ0n) is 20.4. The van der Waals surface area contributed by atoms with Crippen LogP contribution in [0.15, 0.2) is 66.7 Å². The molecule has 1 aliphatic rings. The fourth-order valence-electron chi connectivity index (χ4n) is 4.91. The van der Waals surface area contributed by atoms with Gasteiger partial charge < -0.3 is 9.64 Å². The molecule has 36 heavy (non-hydrogen) atoms. The number of benzene rings is 3. The van der Waals surface area contributed by atoms with Crippen LogP contribution in [0.2, 0.25) is 5.02 Å². The third-order valence-electron chi connectivity index (χ3n) is 6.76. The van der Waals surface area contributed by atoms with Crippen LogP contribution in [0.1, 0.15) is 11.1 Å². The van der Waals surface area contributed by atoms with Gasteiger partial charge in [-0.05, 0) is 48.9 Å². The number of piperazine rings is 1. The maximum atomic E-state index is 6.33. The lowest BCUT2D eigenvalue weighted by Gasteiger charge is -2.35. The van der Waals surface area contributed by atoms with Gasteiger partial charge in [-0.2, -0.15) is 0 Å². The van der Waals surface area contributed by atoms with Crippen molar-refractivity contribution in [3.63, 3.8) is 0 Å². The summed E-state index contributed by atoms with van der Waals surface area (Å²) >= 11 is 6.33. The van der Waals surface area contributed by atoms with Gasteiger partial charge in [-0.15, -0.1) is 10.2 Å². The molecule has 0 unspecified atom stereocenters. The van der Waals surface area contributed by atoms with Crippen LogP contribution in [-0.2, 0) is 6.54 Å². The quantitative estimate of drug-likeness (QED) is 0.330. The highest BCUT2D eigenvalue weighted by molar-refractivity contribution is 6.31. The van der Waals surface area contributed by atoms with Crippen molar-refractivity contribution in [2.45, 2.75) is 13.5 Å². The van der Waals surface area contributed by atoms with Gasteiger partial charge in [0.1, 0.15) is 5.75 Å². The Kier molecular flexibility index (Phi) is 5.95. The van der Waals surface area contributed by atoms with Crippen LogP contribution in [0.5, 0.6) is 5.75 Å². The van der Waals surface area contributed by atoms with Crippen molar-refractivity contribution in [1.29, 1.82) is 0 Å².